The first-order valence-corrected chi connectivity index (χ1v) is 33.5. The summed E-state index contributed by atoms with van der Waals surface area (Å²) in [5.74, 6) is -0.0719. The fourth-order valence-corrected chi connectivity index (χ4v) is 10.4. The largest absolute Gasteiger partial charge is 0.394 e. The SMILES string of the molecule is CCCCCCC/C=C\C/C=C\CCCCCCCCCCCCCCCCCCCCCCCCCCCC(=O)NC(CO)C(O)/C=C/CC/C=C/CC/C=C/CCCCCCCCCCCCCCCCC. The number of aliphatic hydroxyl groups is 2. The molecule has 0 aromatic heterocycles. The third-order valence-electron chi connectivity index (χ3n) is 15.5. The lowest BCUT2D eigenvalue weighted by Crippen LogP contribution is -2.45. The van der Waals surface area contributed by atoms with Crippen molar-refractivity contribution in [2.24, 2.45) is 0 Å². The summed E-state index contributed by atoms with van der Waals surface area (Å²) in [7, 11) is 0. The molecule has 0 rings (SSSR count). The maximum absolute atomic E-state index is 12.5. The van der Waals surface area contributed by atoms with Gasteiger partial charge >= 0.3 is 0 Å². The van der Waals surface area contributed by atoms with Crippen molar-refractivity contribution in [3.63, 3.8) is 0 Å². The molecule has 0 aromatic rings. The third kappa shape index (κ3) is 60.9. The zero-order valence-corrected chi connectivity index (χ0v) is 50.1. The van der Waals surface area contributed by atoms with Crippen LogP contribution in [-0.4, -0.2) is 34.9 Å². The highest BCUT2D eigenvalue weighted by Crippen LogP contribution is 2.18. The topological polar surface area (TPSA) is 69.6 Å². The summed E-state index contributed by atoms with van der Waals surface area (Å²) in [5.41, 5.74) is 0. The molecular formula is C70H131NO3. The van der Waals surface area contributed by atoms with Crippen LogP contribution in [0.2, 0.25) is 0 Å². The molecule has 0 aliphatic heterocycles. The van der Waals surface area contributed by atoms with Crippen molar-refractivity contribution in [1.82, 2.24) is 5.32 Å². The fraction of sp³-hybridized carbons (Fsp3) is 0.843. The van der Waals surface area contributed by atoms with Crippen LogP contribution in [0.3, 0.4) is 0 Å². The molecule has 0 aliphatic carbocycles. The summed E-state index contributed by atoms with van der Waals surface area (Å²) in [6.45, 7) is 4.32. The highest BCUT2D eigenvalue weighted by atomic mass is 16.3. The van der Waals surface area contributed by atoms with E-state index in [4.69, 9.17) is 0 Å². The van der Waals surface area contributed by atoms with Crippen LogP contribution in [0.15, 0.2) is 60.8 Å². The molecule has 0 saturated heterocycles. The first kappa shape index (κ1) is 72.1. The Kier molecular flexibility index (Phi) is 63.7. The second-order valence-electron chi connectivity index (χ2n) is 22.9. The molecule has 74 heavy (non-hydrogen) atoms. The molecule has 434 valence electrons. The van der Waals surface area contributed by atoms with Gasteiger partial charge in [0.05, 0.1) is 18.8 Å². The summed E-state index contributed by atoms with van der Waals surface area (Å²) >= 11 is 0. The van der Waals surface area contributed by atoms with Crippen molar-refractivity contribution in [1.29, 1.82) is 0 Å². The number of allylic oxidation sites excluding steroid dienone is 9. The maximum atomic E-state index is 12.5. The van der Waals surface area contributed by atoms with Crippen molar-refractivity contribution in [2.75, 3.05) is 6.61 Å². The Labute approximate surface area is 464 Å². The molecule has 4 heteroatoms. The van der Waals surface area contributed by atoms with Crippen LogP contribution in [0.1, 0.15) is 361 Å². The number of rotatable bonds is 62. The number of unbranched alkanes of at least 4 members (excludes halogenated alkanes) is 47. The van der Waals surface area contributed by atoms with Crippen LogP contribution < -0.4 is 5.32 Å². The van der Waals surface area contributed by atoms with Crippen LogP contribution in [0.4, 0.5) is 0 Å². The number of aliphatic hydroxyl groups excluding tert-OH is 2. The Morgan fingerprint density at radius 1 is 0.324 bits per heavy atom. The molecule has 2 unspecified atom stereocenters. The summed E-state index contributed by atoms with van der Waals surface area (Å²) in [6, 6.07) is -0.647. The highest BCUT2D eigenvalue weighted by molar-refractivity contribution is 5.76. The minimum Gasteiger partial charge on any atom is -0.394 e. The smallest absolute Gasteiger partial charge is 0.220 e. The van der Waals surface area contributed by atoms with E-state index in [0.717, 1.165) is 44.9 Å². The van der Waals surface area contributed by atoms with Gasteiger partial charge in [0, 0.05) is 6.42 Å². The number of hydrogen-bond donors (Lipinski definition) is 3. The average Bonchev–Trinajstić information content (AvgIpc) is 3.40. The van der Waals surface area contributed by atoms with Crippen molar-refractivity contribution in [2.45, 2.75) is 373 Å². The molecule has 0 bridgehead atoms. The first-order chi connectivity index (χ1) is 36.7. The van der Waals surface area contributed by atoms with Crippen molar-refractivity contribution >= 4 is 5.91 Å². The van der Waals surface area contributed by atoms with E-state index in [0.29, 0.717) is 6.42 Å². The Hall–Kier alpha value is -1.91. The molecule has 0 fully saturated rings. The van der Waals surface area contributed by atoms with Gasteiger partial charge in [-0.25, -0.2) is 0 Å². The van der Waals surface area contributed by atoms with Crippen LogP contribution in [0.25, 0.3) is 0 Å². The van der Waals surface area contributed by atoms with E-state index in [1.165, 1.54) is 295 Å². The van der Waals surface area contributed by atoms with E-state index < -0.39 is 12.1 Å². The van der Waals surface area contributed by atoms with Crippen molar-refractivity contribution in [3.8, 4) is 0 Å². The van der Waals surface area contributed by atoms with Crippen molar-refractivity contribution in [3.05, 3.63) is 60.8 Å². The molecule has 3 N–H and O–H groups in total. The van der Waals surface area contributed by atoms with Crippen molar-refractivity contribution < 1.29 is 15.0 Å². The lowest BCUT2D eigenvalue weighted by Gasteiger charge is -2.19. The van der Waals surface area contributed by atoms with Gasteiger partial charge in [-0.05, 0) is 77.0 Å². The van der Waals surface area contributed by atoms with Gasteiger partial charge in [0.15, 0.2) is 0 Å². The van der Waals surface area contributed by atoms with E-state index >= 15 is 0 Å². The van der Waals surface area contributed by atoms with Gasteiger partial charge in [0.2, 0.25) is 5.91 Å². The third-order valence-corrected chi connectivity index (χ3v) is 15.5. The van der Waals surface area contributed by atoms with Gasteiger partial charge < -0.3 is 15.5 Å². The number of carbonyl (C=O) groups excluding carboxylic acids is 1. The second kappa shape index (κ2) is 65.4. The Morgan fingerprint density at radius 3 is 0.865 bits per heavy atom. The molecule has 0 heterocycles. The lowest BCUT2D eigenvalue weighted by atomic mass is 10.0. The second-order valence-corrected chi connectivity index (χ2v) is 22.9. The summed E-state index contributed by atoms with van der Waals surface area (Å²) in [6.07, 6.45) is 93.0. The summed E-state index contributed by atoms with van der Waals surface area (Å²) in [5, 5.41) is 23.2. The number of nitrogens with one attached hydrogen (secondary N) is 1. The zero-order valence-electron chi connectivity index (χ0n) is 50.1. The fourth-order valence-electron chi connectivity index (χ4n) is 10.4. The molecule has 4 nitrogen and oxygen atoms in total. The summed E-state index contributed by atoms with van der Waals surface area (Å²) < 4.78 is 0. The average molecular weight is 1030 g/mol. The Morgan fingerprint density at radius 2 is 0.568 bits per heavy atom. The minimum absolute atomic E-state index is 0.0719. The predicted octanol–water partition coefficient (Wildman–Crippen LogP) is 22.7. The van der Waals surface area contributed by atoms with E-state index in [1.54, 1.807) is 6.08 Å². The predicted molar refractivity (Wildman–Crippen MR) is 331 cm³/mol. The maximum Gasteiger partial charge on any atom is 0.220 e. The highest BCUT2D eigenvalue weighted by Gasteiger charge is 2.18. The Bertz CT molecular complexity index is 1220. The molecule has 1 amide bonds. The molecular weight excluding hydrogens is 903 g/mol. The van der Waals surface area contributed by atoms with Gasteiger partial charge in [-0.1, -0.05) is 338 Å². The monoisotopic (exact) mass is 1030 g/mol. The lowest BCUT2D eigenvalue weighted by molar-refractivity contribution is -0.123. The Balaban J connectivity index is 3.46. The number of hydrogen-bond acceptors (Lipinski definition) is 3. The first-order valence-electron chi connectivity index (χ1n) is 33.5. The van der Waals surface area contributed by atoms with Crippen LogP contribution >= 0.6 is 0 Å². The molecule has 2 atom stereocenters. The minimum atomic E-state index is -0.872. The van der Waals surface area contributed by atoms with E-state index in [2.05, 4.69) is 67.8 Å². The standard InChI is InChI=1S/C70H131NO3/c1-3-5-7-9-11-13-15-17-19-21-23-25-27-29-30-31-32-33-34-35-36-37-38-39-40-42-44-46-48-50-52-54-56-58-60-62-64-66-70(74)71-68(67-72)69(73)65-63-61-59-57-55-53-51-49-47-45-43-41-28-26-24-22-20-18-16-14-12-10-8-6-4-2/h15,17,21,23,47,49,55,57,63,65,68-69,72-73H,3-14,16,18-20,22,24-46,48,50-54,56,58-62,64,66-67H2,1-2H3,(H,71,74)/b17-15-,23-21-,49-47+,57-55+,65-63+. The molecule has 0 aromatic carbocycles. The van der Waals surface area contributed by atoms with E-state index in [9.17, 15) is 15.0 Å². The van der Waals surface area contributed by atoms with Crippen LogP contribution in [0.5, 0.6) is 0 Å². The normalized spacial score (nSPS) is 13.1. The quantitative estimate of drug-likeness (QED) is 0.0420. The molecule has 0 aliphatic rings. The van der Waals surface area contributed by atoms with Gasteiger partial charge in [0.1, 0.15) is 0 Å². The number of carbonyl (C=O) groups is 1. The van der Waals surface area contributed by atoms with Gasteiger partial charge in [-0.2, -0.15) is 0 Å². The van der Waals surface area contributed by atoms with Gasteiger partial charge in [0.25, 0.3) is 0 Å². The molecule has 0 spiro atoms. The summed E-state index contributed by atoms with van der Waals surface area (Å²) in [4.78, 5) is 12.5. The van der Waals surface area contributed by atoms with Gasteiger partial charge in [-0.3, -0.25) is 4.79 Å². The van der Waals surface area contributed by atoms with Crippen LogP contribution in [0, 0.1) is 0 Å². The molecule has 0 radical (unpaired) electrons. The van der Waals surface area contributed by atoms with E-state index in [1.807, 2.05) is 6.08 Å². The van der Waals surface area contributed by atoms with E-state index in [-0.39, 0.29) is 12.5 Å². The van der Waals surface area contributed by atoms with Crippen LogP contribution in [-0.2, 0) is 4.79 Å². The van der Waals surface area contributed by atoms with Gasteiger partial charge in [-0.15, -0.1) is 0 Å². The number of amides is 1. The molecule has 0 saturated carbocycles. The zero-order chi connectivity index (χ0) is 53.4.